The quantitative estimate of drug-likeness (QED) is 0.579. The topological polar surface area (TPSA) is 89.8 Å². The van der Waals surface area contributed by atoms with Gasteiger partial charge in [-0.15, -0.1) is 0 Å². The normalized spacial score (nSPS) is 13.2. The zero-order valence-corrected chi connectivity index (χ0v) is 10.00. The zero-order valence-electron chi connectivity index (χ0n) is 10.00. The minimum Gasteiger partial charge on any atom is -0.481 e. The van der Waals surface area contributed by atoms with Crippen LogP contribution in [-0.2, 0) is 11.2 Å². The second-order valence-electron chi connectivity index (χ2n) is 3.57. The summed E-state index contributed by atoms with van der Waals surface area (Å²) in [6.45, 7) is 3.10. The molecule has 0 aliphatic carbocycles. The number of benzene rings is 1. The highest BCUT2D eigenvalue weighted by molar-refractivity contribution is 5.70. The Morgan fingerprint density at radius 2 is 1.65 bits per heavy atom. The summed E-state index contributed by atoms with van der Waals surface area (Å²) in [5, 5.41) is 27.7. The van der Waals surface area contributed by atoms with Crippen molar-refractivity contribution in [2.75, 3.05) is 0 Å². The highest BCUT2D eigenvalue weighted by Crippen LogP contribution is 1.98. The van der Waals surface area contributed by atoms with Gasteiger partial charge in [0.2, 0.25) is 0 Å². The molecule has 0 heterocycles. The second-order valence-corrected chi connectivity index (χ2v) is 3.57. The number of aliphatic hydroxyl groups is 2. The van der Waals surface area contributed by atoms with E-state index < -0.39 is 18.4 Å². The molecule has 0 amide bonds. The van der Waals surface area contributed by atoms with Crippen molar-refractivity contribution in [1.29, 1.82) is 0 Å². The molecule has 0 fully saturated rings. The Kier molecular flexibility index (Phi) is 7.96. The van der Waals surface area contributed by atoms with E-state index in [9.17, 15) is 4.79 Å². The van der Waals surface area contributed by atoms with Crippen molar-refractivity contribution in [3.8, 4) is 0 Å². The van der Waals surface area contributed by atoms with E-state index in [1.165, 1.54) is 0 Å². The fourth-order valence-corrected chi connectivity index (χ4v) is 1.12. The lowest BCUT2D eigenvalue weighted by Gasteiger charge is -2.08. The molecule has 0 bridgehead atoms. The molecule has 1 aromatic carbocycles. The first-order valence-electron chi connectivity index (χ1n) is 5.29. The van der Waals surface area contributed by atoms with E-state index in [-0.39, 0.29) is 6.42 Å². The van der Waals surface area contributed by atoms with Crippen LogP contribution in [0.15, 0.2) is 30.3 Å². The van der Waals surface area contributed by atoms with Crippen molar-refractivity contribution in [2.45, 2.75) is 32.7 Å². The van der Waals surface area contributed by atoms with Gasteiger partial charge in [-0.25, -0.2) is 0 Å². The highest BCUT2D eigenvalue weighted by Gasteiger charge is 1.96. The molecule has 0 aromatic heterocycles. The van der Waals surface area contributed by atoms with E-state index in [4.69, 9.17) is 15.3 Å². The summed E-state index contributed by atoms with van der Waals surface area (Å²) in [5.41, 5.74) is 0.843. The number of carbonyl (C=O) groups is 1. The summed E-state index contributed by atoms with van der Waals surface area (Å²) in [4.78, 5) is 10.2. The van der Waals surface area contributed by atoms with Crippen LogP contribution in [0.4, 0.5) is 0 Å². The van der Waals surface area contributed by atoms with Gasteiger partial charge >= 0.3 is 5.97 Å². The molecule has 2 atom stereocenters. The van der Waals surface area contributed by atoms with Gasteiger partial charge in [-0.1, -0.05) is 30.3 Å². The summed E-state index contributed by atoms with van der Waals surface area (Å²) < 4.78 is 0. The van der Waals surface area contributed by atoms with Gasteiger partial charge in [0.15, 0.2) is 0 Å². The molecule has 0 spiro atoms. The van der Waals surface area contributed by atoms with Gasteiger partial charge in [-0.05, 0) is 19.4 Å². The Balaban J connectivity index is 0.000000325. The number of nitrogens with one attached hydrogen (secondary N) is 1. The molecule has 1 aromatic rings. The first kappa shape index (κ1) is 15.6. The molecule has 5 heteroatoms. The molecule has 4 N–H and O–H groups in total. The van der Waals surface area contributed by atoms with Crippen LogP contribution in [0.3, 0.4) is 0 Å². The Morgan fingerprint density at radius 1 is 1.18 bits per heavy atom. The maximum absolute atomic E-state index is 10.2. The Morgan fingerprint density at radius 3 is 1.94 bits per heavy atom. The predicted molar refractivity (Wildman–Crippen MR) is 64.3 cm³/mol. The SMILES string of the molecule is CC(O)NC(C)O.O=C(O)Cc1ccccc1. The fourth-order valence-electron chi connectivity index (χ4n) is 1.12. The molecule has 0 aliphatic rings. The number of rotatable bonds is 4. The summed E-state index contributed by atoms with van der Waals surface area (Å²) >= 11 is 0. The number of hydrogen-bond acceptors (Lipinski definition) is 4. The first-order valence-corrected chi connectivity index (χ1v) is 5.29. The first-order chi connectivity index (χ1) is 7.91. The van der Waals surface area contributed by atoms with Crippen molar-refractivity contribution >= 4 is 5.97 Å². The Hall–Kier alpha value is -1.43. The van der Waals surface area contributed by atoms with E-state index in [0.717, 1.165) is 5.56 Å². The van der Waals surface area contributed by atoms with Crippen LogP contribution in [0.2, 0.25) is 0 Å². The molecule has 0 saturated carbocycles. The van der Waals surface area contributed by atoms with Crippen molar-refractivity contribution in [3.63, 3.8) is 0 Å². The van der Waals surface area contributed by atoms with Gasteiger partial charge in [-0.2, -0.15) is 0 Å². The molecule has 0 saturated heterocycles. The molecule has 96 valence electrons. The van der Waals surface area contributed by atoms with Gasteiger partial charge in [0.1, 0.15) is 12.5 Å². The Labute approximate surface area is 101 Å². The maximum atomic E-state index is 10.2. The molecule has 5 nitrogen and oxygen atoms in total. The molecule has 2 unspecified atom stereocenters. The third-order valence-electron chi connectivity index (χ3n) is 1.68. The number of aliphatic carboxylic acids is 1. The van der Waals surface area contributed by atoms with Crippen molar-refractivity contribution < 1.29 is 20.1 Å². The summed E-state index contributed by atoms with van der Waals surface area (Å²) in [5.74, 6) is -0.786. The largest absolute Gasteiger partial charge is 0.481 e. The summed E-state index contributed by atoms with van der Waals surface area (Å²) in [6.07, 6.45) is -1.14. The zero-order chi connectivity index (χ0) is 13.3. The highest BCUT2D eigenvalue weighted by atomic mass is 16.4. The van der Waals surface area contributed by atoms with E-state index >= 15 is 0 Å². The summed E-state index contributed by atoms with van der Waals surface area (Å²) in [7, 11) is 0. The lowest BCUT2D eigenvalue weighted by Crippen LogP contribution is -2.33. The molecular weight excluding hydrogens is 222 g/mol. The molecule has 1 rings (SSSR count). The van der Waals surface area contributed by atoms with Gasteiger partial charge in [0.05, 0.1) is 6.42 Å². The van der Waals surface area contributed by atoms with Gasteiger partial charge in [0, 0.05) is 0 Å². The number of carboxylic acid groups (broad SMARTS) is 1. The standard InChI is InChI=1S/C8H8O2.C4H11NO2/c9-8(10)6-7-4-2-1-3-5-7;1-3(6)5-4(2)7/h1-5H,6H2,(H,9,10);3-7H,1-2H3. The van der Waals surface area contributed by atoms with E-state index in [1.807, 2.05) is 18.2 Å². The van der Waals surface area contributed by atoms with Crippen LogP contribution >= 0.6 is 0 Å². The van der Waals surface area contributed by atoms with Crippen LogP contribution in [-0.4, -0.2) is 33.7 Å². The Bertz CT molecular complexity index is 306. The van der Waals surface area contributed by atoms with E-state index in [0.29, 0.717) is 0 Å². The molecule has 0 aliphatic heterocycles. The maximum Gasteiger partial charge on any atom is 0.307 e. The monoisotopic (exact) mass is 241 g/mol. The van der Waals surface area contributed by atoms with E-state index in [1.54, 1.807) is 26.0 Å². The summed E-state index contributed by atoms with van der Waals surface area (Å²) in [6, 6.07) is 9.13. The van der Waals surface area contributed by atoms with Gasteiger partial charge < -0.3 is 15.3 Å². The van der Waals surface area contributed by atoms with Crippen LogP contribution in [0.1, 0.15) is 19.4 Å². The molecule has 17 heavy (non-hydrogen) atoms. The second kappa shape index (κ2) is 8.69. The lowest BCUT2D eigenvalue weighted by molar-refractivity contribution is -0.136. The van der Waals surface area contributed by atoms with Crippen molar-refractivity contribution in [2.24, 2.45) is 0 Å². The third kappa shape index (κ3) is 10.8. The molecular formula is C12H19NO4. The fraction of sp³-hybridized carbons (Fsp3) is 0.417. The predicted octanol–water partition coefficient (Wildman–Crippen LogP) is 0.566. The van der Waals surface area contributed by atoms with Crippen LogP contribution in [0, 0.1) is 0 Å². The smallest absolute Gasteiger partial charge is 0.307 e. The minimum atomic E-state index is -0.786. The van der Waals surface area contributed by atoms with Gasteiger partial charge in [0.25, 0.3) is 0 Å². The average Bonchev–Trinajstić information content (AvgIpc) is 2.16. The van der Waals surface area contributed by atoms with E-state index in [2.05, 4.69) is 5.32 Å². The minimum absolute atomic E-state index is 0.112. The van der Waals surface area contributed by atoms with Crippen molar-refractivity contribution in [3.05, 3.63) is 35.9 Å². The number of aliphatic hydroxyl groups excluding tert-OH is 2. The van der Waals surface area contributed by atoms with Crippen LogP contribution in [0.5, 0.6) is 0 Å². The third-order valence-corrected chi connectivity index (χ3v) is 1.68. The van der Waals surface area contributed by atoms with Gasteiger partial charge in [-0.3, -0.25) is 10.1 Å². The lowest BCUT2D eigenvalue weighted by atomic mass is 10.2. The number of carboxylic acids is 1. The van der Waals surface area contributed by atoms with Crippen LogP contribution in [0.25, 0.3) is 0 Å². The van der Waals surface area contributed by atoms with Crippen molar-refractivity contribution in [1.82, 2.24) is 5.32 Å². The number of hydrogen-bond donors (Lipinski definition) is 4. The van der Waals surface area contributed by atoms with Crippen LogP contribution < -0.4 is 5.32 Å². The molecule has 0 radical (unpaired) electrons. The average molecular weight is 241 g/mol.